The summed E-state index contributed by atoms with van der Waals surface area (Å²) in [6, 6.07) is 13.2. The summed E-state index contributed by atoms with van der Waals surface area (Å²) in [6.07, 6.45) is 0.317. The van der Waals surface area contributed by atoms with Gasteiger partial charge >= 0.3 is 12.6 Å². The number of halogens is 3. The summed E-state index contributed by atoms with van der Waals surface area (Å²) in [7, 11) is 0. The van der Waals surface area contributed by atoms with Crippen molar-refractivity contribution in [2.24, 2.45) is 5.10 Å². The van der Waals surface area contributed by atoms with E-state index in [1.54, 1.807) is 0 Å². The molecule has 0 spiro atoms. The molecular weight excluding hydrogens is 460 g/mol. The van der Waals surface area contributed by atoms with Gasteiger partial charge < -0.3 is 14.8 Å². The van der Waals surface area contributed by atoms with Gasteiger partial charge in [0.05, 0.1) is 23.7 Å². The molecule has 2 aromatic carbocycles. The Bertz CT molecular complexity index is 1050. The number of benzene rings is 2. The van der Waals surface area contributed by atoms with Gasteiger partial charge in [-0.3, -0.25) is 14.4 Å². The summed E-state index contributed by atoms with van der Waals surface area (Å²) in [4.78, 5) is 36.1. The van der Waals surface area contributed by atoms with Crippen LogP contribution < -0.4 is 10.1 Å². The van der Waals surface area contributed by atoms with Crippen molar-refractivity contribution in [3.05, 3.63) is 59.1 Å². The molecule has 0 radical (unpaired) electrons. The number of amides is 2. The highest BCUT2D eigenvalue weighted by Crippen LogP contribution is 2.28. The Balaban J connectivity index is 1.40. The molecular formula is C22H20ClF2N3O5. The third-order valence-electron chi connectivity index (χ3n) is 4.54. The molecule has 0 saturated heterocycles. The lowest BCUT2D eigenvalue weighted by Gasteiger charge is -2.11. The first-order chi connectivity index (χ1) is 15.8. The lowest BCUT2D eigenvalue weighted by Crippen LogP contribution is -2.25. The highest BCUT2D eigenvalue weighted by Gasteiger charge is 2.22. The van der Waals surface area contributed by atoms with Crippen LogP contribution in [0.1, 0.15) is 24.8 Å². The summed E-state index contributed by atoms with van der Waals surface area (Å²) < 4.78 is 33.6. The molecule has 174 valence electrons. The number of hydrogen-bond acceptors (Lipinski definition) is 6. The Morgan fingerprint density at radius 2 is 1.88 bits per heavy atom. The Kier molecular flexibility index (Phi) is 8.31. The van der Waals surface area contributed by atoms with E-state index in [9.17, 15) is 23.2 Å². The molecule has 11 heteroatoms. The molecule has 1 aliphatic heterocycles. The van der Waals surface area contributed by atoms with Crippen molar-refractivity contribution in [3.63, 3.8) is 0 Å². The first kappa shape index (κ1) is 24.1. The second-order valence-corrected chi connectivity index (χ2v) is 7.32. The number of anilines is 1. The van der Waals surface area contributed by atoms with Gasteiger partial charge in [0, 0.05) is 18.5 Å². The summed E-state index contributed by atoms with van der Waals surface area (Å²) in [5.41, 5.74) is 1.95. The van der Waals surface area contributed by atoms with Crippen LogP contribution in [0.5, 0.6) is 5.75 Å². The number of rotatable bonds is 9. The highest BCUT2D eigenvalue weighted by atomic mass is 35.5. The standard InChI is InChI=1S/C22H20ClF2N3O5/c23-16-12-15(6-7-18(16)33-22(24)25)26-19(29)13-32-21(31)9-8-20(30)28-11-10-17(27-28)14-4-2-1-3-5-14/h1-7,12,22H,8-11,13H2,(H,26,29). The van der Waals surface area contributed by atoms with Crippen molar-refractivity contribution >= 4 is 40.8 Å². The lowest BCUT2D eigenvalue weighted by molar-refractivity contribution is -0.148. The van der Waals surface area contributed by atoms with Crippen LogP contribution >= 0.6 is 11.6 Å². The second kappa shape index (κ2) is 11.4. The molecule has 2 amide bonds. The molecule has 0 bridgehead atoms. The summed E-state index contributed by atoms with van der Waals surface area (Å²) >= 11 is 5.81. The van der Waals surface area contributed by atoms with Crippen LogP contribution in [0.4, 0.5) is 14.5 Å². The van der Waals surface area contributed by atoms with E-state index in [0.29, 0.717) is 13.0 Å². The maximum Gasteiger partial charge on any atom is 0.387 e. The van der Waals surface area contributed by atoms with Crippen LogP contribution in [0.2, 0.25) is 5.02 Å². The van der Waals surface area contributed by atoms with E-state index in [1.165, 1.54) is 23.2 Å². The van der Waals surface area contributed by atoms with Crippen molar-refractivity contribution < 1.29 is 32.6 Å². The van der Waals surface area contributed by atoms with Gasteiger partial charge in [0.1, 0.15) is 5.75 Å². The molecule has 0 unspecified atom stereocenters. The first-order valence-corrected chi connectivity index (χ1v) is 10.3. The minimum atomic E-state index is -3.03. The monoisotopic (exact) mass is 479 g/mol. The minimum Gasteiger partial charge on any atom is -0.456 e. The average molecular weight is 480 g/mol. The quantitative estimate of drug-likeness (QED) is 0.551. The van der Waals surface area contributed by atoms with Gasteiger partial charge in [-0.2, -0.15) is 13.9 Å². The normalized spacial score (nSPS) is 13.0. The number of esters is 1. The van der Waals surface area contributed by atoms with Gasteiger partial charge in [0.25, 0.3) is 5.91 Å². The van der Waals surface area contributed by atoms with Gasteiger partial charge in [-0.25, -0.2) is 5.01 Å². The lowest BCUT2D eigenvalue weighted by atomic mass is 10.1. The fraction of sp³-hybridized carbons (Fsp3) is 0.273. The zero-order chi connectivity index (χ0) is 23.8. The zero-order valence-electron chi connectivity index (χ0n) is 17.3. The first-order valence-electron chi connectivity index (χ1n) is 9.95. The number of carbonyl (C=O) groups excluding carboxylic acids is 3. The number of alkyl halides is 2. The third kappa shape index (κ3) is 7.25. The fourth-order valence-electron chi connectivity index (χ4n) is 2.99. The molecule has 33 heavy (non-hydrogen) atoms. The molecule has 1 heterocycles. The summed E-state index contributed by atoms with van der Waals surface area (Å²) in [6.45, 7) is -3.18. The molecule has 0 atom stereocenters. The topological polar surface area (TPSA) is 97.3 Å². The zero-order valence-corrected chi connectivity index (χ0v) is 18.1. The SMILES string of the molecule is O=C(COC(=O)CCC(=O)N1CCC(c2ccccc2)=N1)Nc1ccc(OC(F)F)c(Cl)c1. The van der Waals surface area contributed by atoms with Crippen molar-refractivity contribution in [2.45, 2.75) is 25.9 Å². The van der Waals surface area contributed by atoms with Crippen LogP contribution in [-0.2, 0) is 19.1 Å². The number of hydrazone groups is 1. The predicted molar refractivity (Wildman–Crippen MR) is 116 cm³/mol. The average Bonchev–Trinajstić information content (AvgIpc) is 3.29. The van der Waals surface area contributed by atoms with Crippen molar-refractivity contribution in [1.29, 1.82) is 0 Å². The van der Waals surface area contributed by atoms with Crippen LogP contribution in [0, 0.1) is 0 Å². The molecule has 0 saturated carbocycles. The van der Waals surface area contributed by atoms with Gasteiger partial charge in [-0.15, -0.1) is 0 Å². The molecule has 8 nitrogen and oxygen atoms in total. The second-order valence-electron chi connectivity index (χ2n) is 6.91. The number of carbonyl (C=O) groups is 3. The number of nitrogens with one attached hydrogen (secondary N) is 1. The van der Waals surface area contributed by atoms with Crippen LogP contribution in [0.15, 0.2) is 53.6 Å². The third-order valence-corrected chi connectivity index (χ3v) is 4.83. The smallest absolute Gasteiger partial charge is 0.387 e. The van der Waals surface area contributed by atoms with Gasteiger partial charge in [-0.1, -0.05) is 41.9 Å². The molecule has 2 aromatic rings. The van der Waals surface area contributed by atoms with Gasteiger partial charge in [0.15, 0.2) is 6.61 Å². The van der Waals surface area contributed by atoms with Crippen LogP contribution in [0.25, 0.3) is 0 Å². The highest BCUT2D eigenvalue weighted by molar-refractivity contribution is 6.32. The maximum absolute atomic E-state index is 12.3. The molecule has 1 aliphatic rings. The van der Waals surface area contributed by atoms with E-state index in [4.69, 9.17) is 16.3 Å². The van der Waals surface area contributed by atoms with Gasteiger partial charge in [-0.05, 0) is 23.8 Å². The van der Waals surface area contributed by atoms with E-state index < -0.39 is 25.1 Å². The summed E-state index contributed by atoms with van der Waals surface area (Å²) in [5.74, 6) is -1.93. The predicted octanol–water partition coefficient (Wildman–Crippen LogP) is 3.84. The van der Waals surface area contributed by atoms with E-state index >= 15 is 0 Å². The number of ether oxygens (including phenoxy) is 2. The molecule has 3 rings (SSSR count). The minimum absolute atomic E-state index is 0.104. The Morgan fingerprint density at radius 1 is 1.12 bits per heavy atom. The van der Waals surface area contributed by atoms with Crippen LogP contribution in [-0.4, -0.2) is 48.3 Å². The van der Waals surface area contributed by atoms with Crippen molar-refractivity contribution in [3.8, 4) is 5.75 Å². The van der Waals surface area contributed by atoms with Gasteiger partial charge in [0.2, 0.25) is 5.91 Å². The largest absolute Gasteiger partial charge is 0.456 e. The number of hydrogen-bond donors (Lipinski definition) is 1. The van der Waals surface area contributed by atoms with Crippen molar-refractivity contribution in [1.82, 2.24) is 5.01 Å². The molecule has 1 N–H and O–H groups in total. The molecule has 0 aliphatic carbocycles. The maximum atomic E-state index is 12.3. The number of nitrogens with zero attached hydrogens (tertiary/aromatic N) is 2. The Morgan fingerprint density at radius 3 is 2.58 bits per heavy atom. The Hall–Kier alpha value is -3.53. The summed E-state index contributed by atoms with van der Waals surface area (Å²) in [5, 5.41) is 7.93. The van der Waals surface area contributed by atoms with Crippen LogP contribution in [0.3, 0.4) is 0 Å². The molecule has 0 fully saturated rings. The Labute approximate surface area is 193 Å². The van der Waals surface area contributed by atoms with E-state index in [0.717, 1.165) is 11.3 Å². The van der Waals surface area contributed by atoms with E-state index in [-0.39, 0.29) is 35.2 Å². The molecule has 0 aromatic heterocycles. The van der Waals surface area contributed by atoms with E-state index in [1.807, 2.05) is 30.3 Å². The fourth-order valence-corrected chi connectivity index (χ4v) is 3.22. The van der Waals surface area contributed by atoms with Crippen molar-refractivity contribution in [2.75, 3.05) is 18.5 Å². The van der Waals surface area contributed by atoms with E-state index in [2.05, 4.69) is 15.2 Å².